The second kappa shape index (κ2) is 4.55. The molecule has 2 rings (SSSR count). The molecule has 0 aromatic carbocycles. The van der Waals surface area contributed by atoms with Gasteiger partial charge in [-0.05, 0) is 24.7 Å². The van der Waals surface area contributed by atoms with E-state index >= 15 is 0 Å². The van der Waals surface area contributed by atoms with Crippen molar-refractivity contribution in [2.45, 2.75) is 38.0 Å². The summed E-state index contributed by atoms with van der Waals surface area (Å²) in [5.74, 6) is 0.112. The topological polar surface area (TPSA) is 92.1 Å². The Morgan fingerprint density at radius 2 is 2.17 bits per heavy atom. The summed E-state index contributed by atoms with van der Waals surface area (Å²) >= 11 is 0. The van der Waals surface area contributed by atoms with E-state index in [-0.39, 0.29) is 16.1 Å². The van der Waals surface area contributed by atoms with Crippen molar-refractivity contribution in [3.8, 4) is 0 Å². The van der Waals surface area contributed by atoms with E-state index in [2.05, 4.69) is 24.0 Å². The van der Waals surface area contributed by atoms with E-state index in [4.69, 9.17) is 5.73 Å². The number of nitrogens with zero attached hydrogens (tertiary/aromatic N) is 2. The molecule has 3 N–H and O–H groups in total. The Balaban J connectivity index is 2.27. The monoisotopic (exact) mass is 272 g/mol. The van der Waals surface area contributed by atoms with Gasteiger partial charge in [0, 0.05) is 13.1 Å². The van der Waals surface area contributed by atoms with E-state index in [1.165, 1.54) is 10.5 Å². The molecule has 0 unspecified atom stereocenters. The number of H-pyrrole nitrogens is 1. The number of rotatable bonds is 4. The van der Waals surface area contributed by atoms with Crippen molar-refractivity contribution < 1.29 is 8.42 Å². The van der Waals surface area contributed by atoms with Crippen LogP contribution in [0, 0.1) is 5.41 Å². The molecule has 0 radical (unpaired) electrons. The number of nitrogen functional groups attached to an aromatic ring is 1. The van der Waals surface area contributed by atoms with Gasteiger partial charge >= 0.3 is 0 Å². The summed E-state index contributed by atoms with van der Waals surface area (Å²) in [6.07, 6.45) is 4.19. The normalized spacial score (nSPS) is 20.3. The Kier molecular flexibility index (Phi) is 3.37. The molecule has 0 bridgehead atoms. The fraction of sp³-hybridized carbons (Fsp3) is 0.727. The van der Waals surface area contributed by atoms with E-state index in [1.54, 1.807) is 0 Å². The third-order valence-electron chi connectivity index (χ3n) is 4.15. The largest absolute Gasteiger partial charge is 0.383 e. The molecular weight excluding hydrogens is 252 g/mol. The van der Waals surface area contributed by atoms with Crippen molar-refractivity contribution >= 4 is 15.8 Å². The minimum absolute atomic E-state index is 0.0884. The van der Waals surface area contributed by atoms with Gasteiger partial charge in [0.15, 0.2) is 0 Å². The molecule has 0 atom stereocenters. The van der Waals surface area contributed by atoms with Gasteiger partial charge in [-0.2, -0.15) is 9.40 Å². The number of sulfonamides is 1. The van der Waals surface area contributed by atoms with Crippen LogP contribution < -0.4 is 5.73 Å². The summed E-state index contributed by atoms with van der Waals surface area (Å²) in [5, 5.41) is 6.15. The van der Waals surface area contributed by atoms with Crippen molar-refractivity contribution in [2.75, 3.05) is 18.8 Å². The number of aromatic nitrogens is 2. The predicted molar refractivity (Wildman–Crippen MR) is 69.4 cm³/mol. The Morgan fingerprint density at radius 1 is 1.50 bits per heavy atom. The molecule has 18 heavy (non-hydrogen) atoms. The minimum atomic E-state index is -3.50. The highest BCUT2D eigenvalue weighted by Gasteiger charge is 2.41. The molecule has 6 nitrogen and oxygen atoms in total. The van der Waals surface area contributed by atoms with Crippen LogP contribution in [0.2, 0.25) is 0 Å². The van der Waals surface area contributed by atoms with Crippen LogP contribution >= 0.6 is 0 Å². The van der Waals surface area contributed by atoms with E-state index in [9.17, 15) is 8.42 Å². The maximum atomic E-state index is 12.4. The number of nitrogens with one attached hydrogen (secondary N) is 1. The molecule has 0 aliphatic carbocycles. The lowest BCUT2D eigenvalue weighted by Crippen LogP contribution is -2.32. The third-order valence-corrected chi connectivity index (χ3v) is 6.03. The van der Waals surface area contributed by atoms with Crippen molar-refractivity contribution in [1.29, 1.82) is 0 Å². The van der Waals surface area contributed by atoms with Gasteiger partial charge in [0.25, 0.3) is 0 Å². The number of hydrogen-bond acceptors (Lipinski definition) is 4. The van der Waals surface area contributed by atoms with Gasteiger partial charge < -0.3 is 5.73 Å². The summed E-state index contributed by atoms with van der Waals surface area (Å²) in [6.45, 7) is 5.37. The summed E-state index contributed by atoms with van der Waals surface area (Å²) < 4.78 is 26.4. The summed E-state index contributed by atoms with van der Waals surface area (Å²) in [7, 11) is -3.50. The second-order valence-corrected chi connectivity index (χ2v) is 6.85. The number of hydrogen-bond donors (Lipinski definition) is 2. The maximum absolute atomic E-state index is 12.4. The average Bonchev–Trinajstić information content (AvgIpc) is 2.96. The summed E-state index contributed by atoms with van der Waals surface area (Å²) in [4.78, 5) is 0.0884. The van der Waals surface area contributed by atoms with Crippen molar-refractivity contribution in [3.05, 3.63) is 6.20 Å². The zero-order chi connectivity index (χ0) is 13.4. The molecule has 1 aliphatic heterocycles. The van der Waals surface area contributed by atoms with Crippen molar-refractivity contribution in [3.63, 3.8) is 0 Å². The highest BCUT2D eigenvalue weighted by atomic mass is 32.2. The fourth-order valence-corrected chi connectivity index (χ4v) is 4.12. The van der Waals surface area contributed by atoms with Gasteiger partial charge in [-0.3, -0.25) is 5.10 Å². The van der Waals surface area contributed by atoms with Crippen molar-refractivity contribution in [2.24, 2.45) is 5.41 Å². The van der Waals surface area contributed by atoms with E-state index in [0.29, 0.717) is 13.1 Å². The van der Waals surface area contributed by atoms with E-state index < -0.39 is 10.0 Å². The highest BCUT2D eigenvalue weighted by Crippen LogP contribution is 2.39. The molecule has 1 aliphatic rings. The Bertz CT molecular complexity index is 519. The average molecular weight is 272 g/mol. The molecule has 0 saturated carbocycles. The lowest BCUT2D eigenvalue weighted by Gasteiger charge is -2.26. The Labute approximate surface area is 108 Å². The molecule has 1 fully saturated rings. The van der Waals surface area contributed by atoms with Crippen LogP contribution in [0.25, 0.3) is 0 Å². The van der Waals surface area contributed by atoms with Gasteiger partial charge in [0.05, 0.1) is 6.20 Å². The molecule has 0 amide bonds. The molecule has 2 heterocycles. The molecule has 0 spiro atoms. The van der Waals surface area contributed by atoms with Gasteiger partial charge in [-0.25, -0.2) is 8.42 Å². The maximum Gasteiger partial charge on any atom is 0.248 e. The van der Waals surface area contributed by atoms with Crippen LogP contribution in [0.4, 0.5) is 5.82 Å². The lowest BCUT2D eigenvalue weighted by molar-refractivity contribution is 0.279. The van der Waals surface area contributed by atoms with E-state index in [0.717, 1.165) is 19.3 Å². The van der Waals surface area contributed by atoms with E-state index in [1.807, 2.05) is 0 Å². The first-order chi connectivity index (χ1) is 8.45. The Hall–Kier alpha value is -1.08. The standard InChI is InChI=1S/C11H20N4O2S/c1-3-11(4-2)5-6-15(8-11)18(16,17)9-7-13-14-10(9)12/h7H,3-6,8H2,1-2H3,(H3,12,13,14). The minimum Gasteiger partial charge on any atom is -0.383 e. The number of anilines is 1. The first-order valence-corrected chi connectivity index (χ1v) is 7.68. The lowest BCUT2D eigenvalue weighted by atomic mass is 9.82. The first-order valence-electron chi connectivity index (χ1n) is 6.24. The predicted octanol–water partition coefficient (Wildman–Crippen LogP) is 1.19. The molecule has 1 aromatic heterocycles. The Morgan fingerprint density at radius 3 is 2.61 bits per heavy atom. The van der Waals surface area contributed by atoms with Crippen LogP contribution in [0.3, 0.4) is 0 Å². The third kappa shape index (κ3) is 2.01. The van der Waals surface area contributed by atoms with Crippen LogP contribution in [0.15, 0.2) is 11.1 Å². The molecule has 1 saturated heterocycles. The zero-order valence-electron chi connectivity index (χ0n) is 10.8. The van der Waals surface area contributed by atoms with Gasteiger partial charge in [0.1, 0.15) is 10.7 Å². The molecular formula is C11H20N4O2S. The van der Waals surface area contributed by atoms with Crippen molar-refractivity contribution in [1.82, 2.24) is 14.5 Å². The molecule has 102 valence electrons. The van der Waals surface area contributed by atoms with Gasteiger partial charge in [0.2, 0.25) is 10.0 Å². The number of nitrogens with two attached hydrogens (primary N) is 1. The van der Waals surface area contributed by atoms with Crippen LogP contribution in [0.1, 0.15) is 33.1 Å². The summed E-state index contributed by atoms with van der Waals surface area (Å²) in [6, 6.07) is 0. The SMILES string of the molecule is CCC1(CC)CCN(S(=O)(=O)c2cn[nH]c2N)C1. The van der Waals surface area contributed by atoms with Crippen LogP contribution in [-0.4, -0.2) is 36.0 Å². The van der Waals surface area contributed by atoms with Gasteiger partial charge in [-0.15, -0.1) is 0 Å². The fourth-order valence-electron chi connectivity index (χ4n) is 2.56. The quantitative estimate of drug-likeness (QED) is 0.861. The highest BCUT2D eigenvalue weighted by molar-refractivity contribution is 7.89. The second-order valence-electron chi connectivity index (χ2n) is 4.94. The molecule has 1 aromatic rings. The first kappa shape index (κ1) is 13.4. The van der Waals surface area contributed by atoms with Crippen LogP contribution in [0.5, 0.6) is 0 Å². The zero-order valence-corrected chi connectivity index (χ0v) is 11.6. The van der Waals surface area contributed by atoms with Gasteiger partial charge in [-0.1, -0.05) is 13.8 Å². The number of aromatic amines is 1. The molecule has 7 heteroatoms. The smallest absolute Gasteiger partial charge is 0.248 e. The summed E-state index contributed by atoms with van der Waals surface area (Å²) in [5.41, 5.74) is 5.72. The van der Waals surface area contributed by atoms with Crippen LogP contribution in [-0.2, 0) is 10.0 Å².